The standard InChI is InChI=1S/C29H29ClN4OS/c1-18(2)35-24-13-11-22(12-14-24)34-28(27(32-29(34)36)26-10-5-6-15-31-26)25-16-19(3)33(20(25)4)23-9-7-8-21(30)17-23/h5-18,27-28H,1-4H3,(H,32,36)/t27-,28-/m0/s1. The summed E-state index contributed by atoms with van der Waals surface area (Å²) in [6.07, 6.45) is 1.94. The SMILES string of the molecule is Cc1cc([C@H]2[C@H](c3ccccn3)NC(=S)N2c2ccc(OC(C)C)cc2)c(C)n1-c1cccc(Cl)c1. The molecule has 1 fully saturated rings. The maximum absolute atomic E-state index is 6.34. The summed E-state index contributed by atoms with van der Waals surface area (Å²) in [6, 6.07) is 24.1. The Balaban J connectivity index is 1.63. The lowest BCUT2D eigenvalue weighted by Crippen LogP contribution is -2.29. The normalized spacial score (nSPS) is 17.5. The first kappa shape index (κ1) is 24.3. The third kappa shape index (κ3) is 4.59. The minimum atomic E-state index is -0.112. The molecule has 0 spiro atoms. The van der Waals surface area contributed by atoms with Gasteiger partial charge in [-0.15, -0.1) is 0 Å². The molecule has 1 saturated heterocycles. The van der Waals surface area contributed by atoms with E-state index in [4.69, 9.17) is 28.6 Å². The molecule has 5 rings (SSSR count). The smallest absolute Gasteiger partial charge is 0.174 e. The summed E-state index contributed by atoms with van der Waals surface area (Å²) in [5.41, 5.74) is 6.42. The summed E-state index contributed by atoms with van der Waals surface area (Å²) in [6.45, 7) is 8.32. The predicted molar refractivity (Wildman–Crippen MR) is 150 cm³/mol. The van der Waals surface area contributed by atoms with Crippen molar-refractivity contribution in [2.75, 3.05) is 4.90 Å². The quantitative estimate of drug-likeness (QED) is 0.277. The number of aryl methyl sites for hydroxylation is 1. The van der Waals surface area contributed by atoms with Gasteiger partial charge in [-0.1, -0.05) is 23.7 Å². The van der Waals surface area contributed by atoms with E-state index in [1.54, 1.807) is 0 Å². The molecule has 1 aliphatic rings. The number of anilines is 1. The summed E-state index contributed by atoms with van der Waals surface area (Å²) in [5.74, 6) is 0.837. The Morgan fingerprint density at radius 1 is 0.972 bits per heavy atom. The van der Waals surface area contributed by atoms with Crippen LogP contribution >= 0.6 is 23.8 Å². The highest BCUT2D eigenvalue weighted by Crippen LogP contribution is 2.44. The van der Waals surface area contributed by atoms with Crippen LogP contribution in [-0.4, -0.2) is 20.8 Å². The van der Waals surface area contributed by atoms with Crippen LogP contribution in [0.5, 0.6) is 5.75 Å². The lowest BCUT2D eigenvalue weighted by Gasteiger charge is -2.28. The largest absolute Gasteiger partial charge is 0.491 e. The van der Waals surface area contributed by atoms with Crippen LogP contribution in [0.2, 0.25) is 5.02 Å². The number of nitrogens with one attached hydrogen (secondary N) is 1. The molecule has 2 aromatic heterocycles. The molecule has 0 unspecified atom stereocenters. The Bertz CT molecular complexity index is 1380. The van der Waals surface area contributed by atoms with Crippen molar-refractivity contribution in [1.82, 2.24) is 14.9 Å². The maximum atomic E-state index is 6.34. The van der Waals surface area contributed by atoms with E-state index in [1.165, 1.54) is 5.56 Å². The van der Waals surface area contributed by atoms with Gasteiger partial charge in [0.15, 0.2) is 5.11 Å². The highest BCUT2D eigenvalue weighted by Gasteiger charge is 2.42. The zero-order valence-electron chi connectivity index (χ0n) is 20.8. The van der Waals surface area contributed by atoms with Crippen LogP contribution < -0.4 is 15.0 Å². The van der Waals surface area contributed by atoms with Gasteiger partial charge < -0.3 is 19.5 Å². The van der Waals surface area contributed by atoms with Gasteiger partial charge in [0.1, 0.15) is 5.75 Å². The average Bonchev–Trinajstić information content (AvgIpc) is 3.35. The second kappa shape index (κ2) is 9.96. The van der Waals surface area contributed by atoms with Crippen LogP contribution in [0.3, 0.4) is 0 Å². The average molecular weight is 517 g/mol. The van der Waals surface area contributed by atoms with Crippen molar-refractivity contribution >= 4 is 34.6 Å². The monoisotopic (exact) mass is 516 g/mol. The minimum Gasteiger partial charge on any atom is -0.491 e. The highest BCUT2D eigenvalue weighted by molar-refractivity contribution is 7.80. The molecule has 2 aromatic carbocycles. The van der Waals surface area contributed by atoms with Crippen LogP contribution in [0.15, 0.2) is 79.0 Å². The molecule has 1 aliphatic heterocycles. The van der Waals surface area contributed by atoms with E-state index < -0.39 is 0 Å². The summed E-state index contributed by atoms with van der Waals surface area (Å²) in [7, 11) is 0. The van der Waals surface area contributed by atoms with Crippen LogP contribution in [0.1, 0.15) is 48.6 Å². The third-order valence-electron chi connectivity index (χ3n) is 6.44. The number of aromatic nitrogens is 2. The fraction of sp³-hybridized carbons (Fsp3) is 0.241. The van der Waals surface area contributed by atoms with Gasteiger partial charge in [0, 0.05) is 34.0 Å². The Morgan fingerprint density at radius 2 is 1.75 bits per heavy atom. The van der Waals surface area contributed by atoms with Gasteiger partial charge in [-0.3, -0.25) is 4.98 Å². The van der Waals surface area contributed by atoms with Gasteiger partial charge in [0.25, 0.3) is 0 Å². The van der Waals surface area contributed by atoms with Crippen LogP contribution in [0.25, 0.3) is 5.69 Å². The fourth-order valence-corrected chi connectivity index (χ4v) is 5.54. The maximum Gasteiger partial charge on any atom is 0.174 e. The van der Waals surface area contributed by atoms with E-state index in [-0.39, 0.29) is 18.2 Å². The second-order valence-corrected chi connectivity index (χ2v) is 10.1. The molecule has 0 aliphatic carbocycles. The van der Waals surface area contributed by atoms with Gasteiger partial charge in [-0.05, 0) is 106 Å². The fourth-order valence-electron chi connectivity index (χ4n) is 5.01. The molecule has 0 saturated carbocycles. The number of benzene rings is 2. The molecule has 0 bridgehead atoms. The van der Waals surface area contributed by atoms with Gasteiger partial charge in [-0.2, -0.15) is 0 Å². The Kier molecular flexibility index (Phi) is 6.73. The van der Waals surface area contributed by atoms with E-state index in [1.807, 2.05) is 68.6 Å². The summed E-state index contributed by atoms with van der Waals surface area (Å²) in [5, 5.41) is 4.93. The lowest BCUT2D eigenvalue weighted by atomic mass is 9.96. The molecule has 5 nitrogen and oxygen atoms in total. The third-order valence-corrected chi connectivity index (χ3v) is 6.99. The number of halogens is 1. The summed E-state index contributed by atoms with van der Waals surface area (Å²) in [4.78, 5) is 6.87. The van der Waals surface area contributed by atoms with Crippen molar-refractivity contribution in [2.24, 2.45) is 0 Å². The number of thiocarbonyl (C=S) groups is 1. The molecule has 3 heterocycles. The van der Waals surface area contributed by atoms with Crippen molar-refractivity contribution in [3.8, 4) is 11.4 Å². The van der Waals surface area contributed by atoms with E-state index in [0.29, 0.717) is 10.1 Å². The lowest BCUT2D eigenvalue weighted by molar-refractivity contribution is 0.242. The zero-order valence-corrected chi connectivity index (χ0v) is 22.3. The van der Waals surface area contributed by atoms with E-state index in [9.17, 15) is 0 Å². The Hall–Kier alpha value is -3.35. The molecule has 0 radical (unpaired) electrons. The number of ether oxygens (including phenoxy) is 1. The van der Waals surface area contributed by atoms with Gasteiger partial charge in [-0.25, -0.2) is 0 Å². The van der Waals surface area contributed by atoms with Crippen LogP contribution in [0, 0.1) is 13.8 Å². The molecular weight excluding hydrogens is 488 g/mol. The van der Waals surface area contributed by atoms with E-state index in [0.717, 1.165) is 34.2 Å². The highest BCUT2D eigenvalue weighted by atomic mass is 35.5. The Labute approximate surface area is 222 Å². The van der Waals surface area contributed by atoms with Crippen molar-refractivity contribution < 1.29 is 4.74 Å². The number of hydrogen-bond acceptors (Lipinski definition) is 3. The van der Waals surface area contributed by atoms with Crippen molar-refractivity contribution in [1.29, 1.82) is 0 Å². The first-order chi connectivity index (χ1) is 17.3. The minimum absolute atomic E-state index is 0.0941. The number of pyridine rings is 1. The van der Waals surface area contributed by atoms with E-state index in [2.05, 4.69) is 57.9 Å². The molecular formula is C29H29ClN4OS. The van der Waals surface area contributed by atoms with Gasteiger partial charge in [0.2, 0.25) is 0 Å². The van der Waals surface area contributed by atoms with Crippen LogP contribution in [-0.2, 0) is 0 Å². The van der Waals surface area contributed by atoms with Gasteiger partial charge in [0.05, 0.1) is 23.9 Å². The molecule has 2 atom stereocenters. The summed E-state index contributed by atoms with van der Waals surface area (Å²) < 4.78 is 8.11. The molecule has 184 valence electrons. The topological polar surface area (TPSA) is 42.3 Å². The zero-order chi connectivity index (χ0) is 25.4. The molecule has 1 N–H and O–H groups in total. The van der Waals surface area contributed by atoms with Crippen molar-refractivity contribution in [2.45, 2.75) is 45.9 Å². The molecule has 36 heavy (non-hydrogen) atoms. The number of nitrogens with zero attached hydrogens (tertiary/aromatic N) is 3. The van der Waals surface area contributed by atoms with Gasteiger partial charge >= 0.3 is 0 Å². The van der Waals surface area contributed by atoms with Crippen molar-refractivity contribution in [3.05, 3.63) is 107 Å². The summed E-state index contributed by atoms with van der Waals surface area (Å²) >= 11 is 12.2. The first-order valence-corrected chi connectivity index (χ1v) is 12.8. The number of rotatable bonds is 6. The molecule has 7 heteroatoms. The molecule has 4 aromatic rings. The second-order valence-electron chi connectivity index (χ2n) is 9.30. The van der Waals surface area contributed by atoms with Crippen LogP contribution in [0.4, 0.5) is 5.69 Å². The Morgan fingerprint density at radius 3 is 2.42 bits per heavy atom. The molecule has 0 amide bonds. The van der Waals surface area contributed by atoms with Crippen molar-refractivity contribution in [3.63, 3.8) is 0 Å². The van der Waals surface area contributed by atoms with E-state index >= 15 is 0 Å². The predicted octanol–water partition coefficient (Wildman–Crippen LogP) is 7.11. The first-order valence-electron chi connectivity index (χ1n) is 12.1. The number of hydrogen-bond donors (Lipinski definition) is 1.